The first-order valence-corrected chi connectivity index (χ1v) is 10.7. The second-order valence-electron chi connectivity index (χ2n) is 7.74. The van der Waals surface area contributed by atoms with Gasteiger partial charge in [0.2, 0.25) is 0 Å². The van der Waals surface area contributed by atoms with Gasteiger partial charge in [0.1, 0.15) is 5.84 Å². The molecule has 0 spiro atoms. The Balaban J connectivity index is 1.63. The van der Waals surface area contributed by atoms with Gasteiger partial charge in [-0.15, -0.1) is 0 Å². The fraction of sp³-hybridized carbons (Fsp3) is 0.320. The number of carbonyl (C=O) groups excluding carboxylic acids is 2. The van der Waals surface area contributed by atoms with Gasteiger partial charge >= 0.3 is 5.97 Å². The number of anilines is 1. The number of rotatable bonds is 4. The number of carbonyl (C=O) groups is 2. The van der Waals surface area contributed by atoms with Crippen molar-refractivity contribution < 1.29 is 14.3 Å². The van der Waals surface area contributed by atoms with Crippen LogP contribution in [0.25, 0.3) is 17.2 Å². The van der Waals surface area contributed by atoms with Gasteiger partial charge in [-0.1, -0.05) is 18.2 Å². The summed E-state index contributed by atoms with van der Waals surface area (Å²) < 4.78 is 5.21. The highest BCUT2D eigenvalue weighted by molar-refractivity contribution is 6.08. The summed E-state index contributed by atoms with van der Waals surface area (Å²) in [6.07, 6.45) is 4.43. The average Bonchev–Trinajstić information content (AvgIpc) is 3.26. The average molecular weight is 418 g/mol. The highest BCUT2D eigenvalue weighted by atomic mass is 16.5. The highest BCUT2D eigenvalue weighted by Crippen LogP contribution is 2.30. The lowest BCUT2D eigenvalue weighted by molar-refractivity contribution is -0.138. The quantitative estimate of drug-likeness (QED) is 0.750. The molecule has 0 unspecified atom stereocenters. The highest BCUT2D eigenvalue weighted by Gasteiger charge is 2.21. The van der Waals surface area contributed by atoms with Crippen LogP contribution in [0, 0.1) is 0 Å². The van der Waals surface area contributed by atoms with Crippen molar-refractivity contribution in [1.82, 2.24) is 4.90 Å². The lowest BCUT2D eigenvalue weighted by Gasteiger charge is -2.15. The fourth-order valence-corrected chi connectivity index (χ4v) is 3.99. The predicted molar refractivity (Wildman–Crippen MR) is 123 cm³/mol. The van der Waals surface area contributed by atoms with E-state index < -0.39 is 0 Å². The summed E-state index contributed by atoms with van der Waals surface area (Å²) >= 11 is 0. The van der Waals surface area contributed by atoms with Crippen molar-refractivity contribution in [2.75, 3.05) is 32.1 Å². The third-order valence-electron chi connectivity index (χ3n) is 5.68. The number of hydrogen-bond donors (Lipinski definition) is 1. The van der Waals surface area contributed by atoms with E-state index in [0.29, 0.717) is 18.6 Å². The summed E-state index contributed by atoms with van der Waals surface area (Å²) in [6, 6.07) is 13.8. The second-order valence-corrected chi connectivity index (χ2v) is 7.74. The zero-order valence-corrected chi connectivity index (χ0v) is 18.0. The van der Waals surface area contributed by atoms with Crippen molar-refractivity contribution in [3.63, 3.8) is 0 Å². The number of likely N-dealkylation sites (tertiary alicyclic amines) is 1. The van der Waals surface area contributed by atoms with E-state index in [1.165, 1.54) is 0 Å². The number of amides is 1. The largest absolute Gasteiger partial charge is 0.463 e. The van der Waals surface area contributed by atoms with Gasteiger partial charge < -0.3 is 15.0 Å². The summed E-state index contributed by atoms with van der Waals surface area (Å²) in [7, 11) is 1.70. The predicted octanol–water partition coefficient (Wildman–Crippen LogP) is 4.38. The van der Waals surface area contributed by atoms with Gasteiger partial charge in [-0.3, -0.25) is 9.79 Å². The molecule has 6 heteroatoms. The van der Waals surface area contributed by atoms with Crippen LogP contribution >= 0.6 is 0 Å². The Morgan fingerprint density at radius 1 is 1.06 bits per heavy atom. The maximum absolute atomic E-state index is 12.6. The molecule has 0 radical (unpaired) electrons. The molecular formula is C25H27N3O3. The molecule has 2 aliphatic rings. The molecule has 1 N–H and O–H groups in total. The van der Waals surface area contributed by atoms with E-state index in [1.54, 1.807) is 14.0 Å². The fourth-order valence-electron chi connectivity index (χ4n) is 3.99. The number of ether oxygens (including phenoxy) is 1. The molecule has 4 rings (SSSR count). The van der Waals surface area contributed by atoms with Crippen molar-refractivity contribution in [2.24, 2.45) is 4.99 Å². The van der Waals surface area contributed by atoms with Crippen LogP contribution in [0.4, 0.5) is 5.69 Å². The Morgan fingerprint density at radius 2 is 1.77 bits per heavy atom. The van der Waals surface area contributed by atoms with Crippen LogP contribution in [0.15, 0.2) is 53.0 Å². The van der Waals surface area contributed by atoms with Gasteiger partial charge in [-0.25, -0.2) is 4.79 Å². The van der Waals surface area contributed by atoms with Crippen molar-refractivity contribution >= 4 is 29.5 Å². The molecule has 31 heavy (non-hydrogen) atoms. The SMILES string of the molecule is CCOC(=O)C1=Cc2cc(-c3ccc(C(=O)N4CCCC4)cc3)ccc2NC(=NC)C1. The Kier molecular flexibility index (Phi) is 6.16. The monoisotopic (exact) mass is 417 g/mol. The van der Waals surface area contributed by atoms with Gasteiger partial charge in [-0.05, 0) is 66.8 Å². The minimum absolute atomic E-state index is 0.101. The first-order chi connectivity index (χ1) is 15.1. The minimum Gasteiger partial charge on any atom is -0.463 e. The zero-order chi connectivity index (χ0) is 21.8. The minimum atomic E-state index is -0.325. The van der Waals surface area contributed by atoms with E-state index in [0.717, 1.165) is 59.7 Å². The lowest BCUT2D eigenvalue weighted by atomic mass is 9.99. The van der Waals surface area contributed by atoms with E-state index in [9.17, 15) is 9.59 Å². The number of nitrogens with zero attached hydrogens (tertiary/aromatic N) is 2. The van der Waals surface area contributed by atoms with Crippen LogP contribution in [-0.2, 0) is 9.53 Å². The standard InChI is InChI=1S/C25H27N3O3/c1-3-31-25(30)21-15-20-14-19(10-11-22(20)27-23(16-21)26-2)17-6-8-18(9-7-17)24(29)28-12-4-5-13-28/h6-11,14-15H,3-5,12-13,16H2,1-2H3,(H,26,27). The molecule has 0 atom stereocenters. The summed E-state index contributed by atoms with van der Waals surface area (Å²) in [6.45, 7) is 3.82. The third kappa shape index (κ3) is 4.53. The van der Waals surface area contributed by atoms with Crippen LogP contribution in [0.2, 0.25) is 0 Å². The van der Waals surface area contributed by atoms with E-state index >= 15 is 0 Å². The second kappa shape index (κ2) is 9.16. The van der Waals surface area contributed by atoms with Crippen LogP contribution in [0.1, 0.15) is 42.1 Å². The van der Waals surface area contributed by atoms with E-state index in [-0.39, 0.29) is 11.9 Å². The number of nitrogens with one attached hydrogen (secondary N) is 1. The number of esters is 1. The lowest BCUT2D eigenvalue weighted by Crippen LogP contribution is -2.27. The van der Waals surface area contributed by atoms with Crippen molar-refractivity contribution in [3.05, 3.63) is 59.2 Å². The molecule has 1 fully saturated rings. The molecule has 2 aliphatic heterocycles. The molecule has 1 saturated heterocycles. The number of benzene rings is 2. The maximum Gasteiger partial charge on any atom is 0.334 e. The first-order valence-electron chi connectivity index (χ1n) is 10.7. The van der Waals surface area contributed by atoms with Crippen LogP contribution < -0.4 is 5.32 Å². The third-order valence-corrected chi connectivity index (χ3v) is 5.68. The van der Waals surface area contributed by atoms with E-state index in [1.807, 2.05) is 53.4 Å². The molecule has 2 heterocycles. The summed E-state index contributed by atoms with van der Waals surface area (Å²) in [4.78, 5) is 31.1. The molecule has 2 aromatic carbocycles. The number of aliphatic imine (C=N–C) groups is 1. The maximum atomic E-state index is 12.6. The zero-order valence-electron chi connectivity index (χ0n) is 18.0. The molecule has 1 amide bonds. The van der Waals surface area contributed by atoms with Crippen LogP contribution in [0.3, 0.4) is 0 Å². The van der Waals surface area contributed by atoms with Gasteiger partial charge in [0.05, 0.1) is 6.61 Å². The van der Waals surface area contributed by atoms with Crippen LogP contribution in [-0.4, -0.2) is 49.4 Å². The Bertz CT molecular complexity index is 1050. The molecule has 0 saturated carbocycles. The Labute approximate surface area is 182 Å². The Morgan fingerprint density at radius 3 is 2.45 bits per heavy atom. The van der Waals surface area contributed by atoms with Crippen molar-refractivity contribution in [1.29, 1.82) is 0 Å². The van der Waals surface area contributed by atoms with Crippen LogP contribution in [0.5, 0.6) is 0 Å². The summed E-state index contributed by atoms with van der Waals surface area (Å²) in [5, 5.41) is 3.31. The molecule has 2 aromatic rings. The van der Waals surface area contributed by atoms with E-state index in [4.69, 9.17) is 4.74 Å². The number of amidine groups is 1. The molecular weight excluding hydrogens is 390 g/mol. The Hall–Kier alpha value is -3.41. The smallest absolute Gasteiger partial charge is 0.334 e. The molecule has 0 bridgehead atoms. The van der Waals surface area contributed by atoms with Crippen molar-refractivity contribution in [3.8, 4) is 11.1 Å². The van der Waals surface area contributed by atoms with Gasteiger partial charge in [0, 0.05) is 43.4 Å². The normalized spacial score (nSPS) is 16.9. The van der Waals surface area contributed by atoms with Gasteiger partial charge in [-0.2, -0.15) is 0 Å². The molecule has 0 aliphatic carbocycles. The summed E-state index contributed by atoms with van der Waals surface area (Å²) in [5.41, 5.74) is 5.10. The molecule has 160 valence electrons. The van der Waals surface area contributed by atoms with Gasteiger partial charge in [0.15, 0.2) is 0 Å². The molecule has 0 aromatic heterocycles. The molecule has 6 nitrogen and oxygen atoms in total. The summed E-state index contributed by atoms with van der Waals surface area (Å²) in [5.74, 6) is 0.493. The number of fused-ring (bicyclic) bond motifs is 1. The topological polar surface area (TPSA) is 71.0 Å². The first kappa shape index (κ1) is 20.8. The van der Waals surface area contributed by atoms with Gasteiger partial charge in [0.25, 0.3) is 5.91 Å². The van der Waals surface area contributed by atoms with E-state index in [2.05, 4.69) is 10.3 Å². The number of hydrogen-bond acceptors (Lipinski definition) is 4. The van der Waals surface area contributed by atoms with Crippen molar-refractivity contribution in [2.45, 2.75) is 26.2 Å².